The van der Waals surface area contributed by atoms with Crippen LogP contribution in [0.3, 0.4) is 0 Å². The summed E-state index contributed by atoms with van der Waals surface area (Å²) in [5.74, 6) is 1.52. The van der Waals surface area contributed by atoms with Crippen molar-refractivity contribution in [3.63, 3.8) is 0 Å². The van der Waals surface area contributed by atoms with E-state index in [1.807, 2.05) is 74.4 Å². The van der Waals surface area contributed by atoms with Crippen LogP contribution in [0.4, 0.5) is 5.69 Å². The number of aromatic nitrogens is 1. The van der Waals surface area contributed by atoms with Crippen molar-refractivity contribution in [1.82, 2.24) is 14.8 Å². The summed E-state index contributed by atoms with van der Waals surface area (Å²) < 4.78 is 10.7. The molecule has 0 amide bonds. The lowest BCUT2D eigenvalue weighted by Gasteiger charge is -2.27. The first-order valence-corrected chi connectivity index (χ1v) is 10.9. The molecular formula is C24H30N4O3S. The van der Waals surface area contributed by atoms with E-state index in [9.17, 15) is 4.79 Å². The van der Waals surface area contributed by atoms with Crippen molar-refractivity contribution in [2.75, 3.05) is 46.2 Å². The third-order valence-electron chi connectivity index (χ3n) is 5.01. The van der Waals surface area contributed by atoms with E-state index < -0.39 is 0 Å². The number of H-pyrrole nitrogens is 1. The van der Waals surface area contributed by atoms with Gasteiger partial charge in [-0.15, -0.1) is 0 Å². The van der Waals surface area contributed by atoms with Crippen LogP contribution in [0.25, 0.3) is 10.9 Å². The number of benzene rings is 2. The number of anilines is 1. The summed E-state index contributed by atoms with van der Waals surface area (Å²) >= 11 is 5.70. The molecule has 32 heavy (non-hydrogen) atoms. The van der Waals surface area contributed by atoms with E-state index in [0.717, 1.165) is 28.9 Å². The number of methoxy groups -OCH3 is 1. The minimum atomic E-state index is -0.135. The molecule has 2 N–H and O–H groups in total. The topological polar surface area (TPSA) is 69.8 Å². The molecule has 8 heteroatoms. The maximum absolute atomic E-state index is 12.8. The second kappa shape index (κ2) is 11.0. The molecule has 0 saturated carbocycles. The van der Waals surface area contributed by atoms with Gasteiger partial charge in [0.15, 0.2) is 5.11 Å². The van der Waals surface area contributed by atoms with Gasteiger partial charge < -0.3 is 29.6 Å². The van der Waals surface area contributed by atoms with Crippen LogP contribution in [0.15, 0.2) is 53.3 Å². The van der Waals surface area contributed by atoms with Crippen molar-refractivity contribution in [1.29, 1.82) is 0 Å². The second-order valence-electron chi connectivity index (χ2n) is 7.69. The largest absolute Gasteiger partial charge is 0.497 e. The first-order valence-electron chi connectivity index (χ1n) is 10.5. The first kappa shape index (κ1) is 23.6. The molecule has 0 bridgehead atoms. The quantitative estimate of drug-likeness (QED) is 0.478. The van der Waals surface area contributed by atoms with E-state index in [1.165, 1.54) is 0 Å². The molecule has 0 aliphatic heterocycles. The second-order valence-corrected chi connectivity index (χ2v) is 8.08. The molecule has 3 aromatic rings. The highest BCUT2D eigenvalue weighted by Crippen LogP contribution is 2.20. The van der Waals surface area contributed by atoms with Crippen LogP contribution in [0, 0.1) is 0 Å². The highest BCUT2D eigenvalue weighted by molar-refractivity contribution is 7.80. The molecule has 0 aliphatic carbocycles. The lowest BCUT2D eigenvalue weighted by molar-refractivity contribution is 0.327. The number of hydrogen-bond donors (Lipinski definition) is 2. The number of rotatable bonds is 9. The van der Waals surface area contributed by atoms with Gasteiger partial charge in [-0.05, 0) is 81.1 Å². The van der Waals surface area contributed by atoms with Crippen molar-refractivity contribution < 1.29 is 9.47 Å². The zero-order valence-corrected chi connectivity index (χ0v) is 19.8. The highest BCUT2D eigenvalue weighted by Gasteiger charge is 2.14. The molecule has 1 aromatic heterocycles. The first-order chi connectivity index (χ1) is 15.4. The Morgan fingerprint density at radius 1 is 1.06 bits per heavy atom. The van der Waals surface area contributed by atoms with Gasteiger partial charge in [-0.3, -0.25) is 4.79 Å². The number of fused-ring (bicyclic) bond motifs is 1. The molecule has 0 radical (unpaired) electrons. The summed E-state index contributed by atoms with van der Waals surface area (Å²) in [6.07, 6.45) is 0. The minimum Gasteiger partial charge on any atom is -0.497 e. The van der Waals surface area contributed by atoms with Crippen molar-refractivity contribution in [2.45, 2.75) is 13.5 Å². The van der Waals surface area contributed by atoms with E-state index >= 15 is 0 Å². The van der Waals surface area contributed by atoms with Crippen LogP contribution < -0.4 is 20.3 Å². The molecule has 0 atom stereocenters. The summed E-state index contributed by atoms with van der Waals surface area (Å²) in [4.78, 5) is 19.8. The molecule has 0 saturated heterocycles. The Hall–Kier alpha value is -3.10. The van der Waals surface area contributed by atoms with Gasteiger partial charge >= 0.3 is 0 Å². The molecule has 7 nitrogen and oxygen atoms in total. The SMILES string of the molecule is CCOc1ccc(NC(=S)N(CCN(C)C)Cc2cc3ccc(OC)cc3[nH]c2=O)cc1. The van der Waals surface area contributed by atoms with Crippen LogP contribution in [-0.2, 0) is 6.54 Å². The summed E-state index contributed by atoms with van der Waals surface area (Å²) in [6.45, 7) is 4.45. The number of thiocarbonyl (C=S) groups is 1. The van der Waals surface area contributed by atoms with Crippen LogP contribution in [-0.4, -0.2) is 60.8 Å². The van der Waals surface area contributed by atoms with E-state index in [2.05, 4.69) is 15.2 Å². The third-order valence-corrected chi connectivity index (χ3v) is 5.37. The van der Waals surface area contributed by atoms with Gasteiger partial charge in [0.1, 0.15) is 11.5 Å². The Kier molecular flexibility index (Phi) is 8.08. The predicted octanol–water partition coefficient (Wildman–Crippen LogP) is 3.70. The molecule has 0 fully saturated rings. The fourth-order valence-electron chi connectivity index (χ4n) is 3.25. The molecule has 0 spiro atoms. The zero-order chi connectivity index (χ0) is 23.1. The Morgan fingerprint density at radius 2 is 1.78 bits per heavy atom. The molecule has 0 aliphatic rings. The Morgan fingerprint density at radius 3 is 2.44 bits per heavy atom. The lowest BCUT2D eigenvalue weighted by Crippen LogP contribution is -2.40. The highest BCUT2D eigenvalue weighted by atomic mass is 32.1. The molecule has 170 valence electrons. The number of nitrogens with zero attached hydrogens (tertiary/aromatic N) is 2. The van der Waals surface area contributed by atoms with Crippen molar-refractivity contribution >= 4 is 33.9 Å². The average Bonchev–Trinajstić information content (AvgIpc) is 2.77. The normalized spacial score (nSPS) is 10.9. The Labute approximate surface area is 193 Å². The third kappa shape index (κ3) is 6.21. The monoisotopic (exact) mass is 454 g/mol. The molecular weight excluding hydrogens is 424 g/mol. The maximum Gasteiger partial charge on any atom is 0.253 e. The van der Waals surface area contributed by atoms with Crippen LogP contribution in [0.2, 0.25) is 0 Å². The fraction of sp³-hybridized carbons (Fsp3) is 0.333. The molecule has 2 aromatic carbocycles. The number of ether oxygens (including phenoxy) is 2. The van der Waals surface area contributed by atoms with E-state index in [4.69, 9.17) is 21.7 Å². The number of aromatic amines is 1. The number of nitrogens with one attached hydrogen (secondary N) is 2. The van der Waals surface area contributed by atoms with E-state index in [-0.39, 0.29) is 5.56 Å². The average molecular weight is 455 g/mol. The van der Waals surface area contributed by atoms with Gasteiger partial charge in [-0.2, -0.15) is 0 Å². The molecule has 1 heterocycles. The van der Waals surface area contributed by atoms with Gasteiger partial charge in [0.2, 0.25) is 0 Å². The molecule has 3 rings (SSSR count). The smallest absolute Gasteiger partial charge is 0.253 e. The molecule has 0 unspecified atom stereocenters. The van der Waals surface area contributed by atoms with Crippen molar-refractivity contribution in [3.8, 4) is 11.5 Å². The Bertz CT molecular complexity index is 1110. The van der Waals surface area contributed by atoms with Gasteiger partial charge in [0.05, 0.1) is 25.8 Å². The number of pyridine rings is 1. The maximum atomic E-state index is 12.8. The van der Waals surface area contributed by atoms with Crippen molar-refractivity contribution in [3.05, 3.63) is 64.4 Å². The van der Waals surface area contributed by atoms with Crippen LogP contribution in [0.5, 0.6) is 11.5 Å². The zero-order valence-electron chi connectivity index (χ0n) is 19.0. The Balaban J connectivity index is 1.81. The van der Waals surface area contributed by atoms with E-state index in [0.29, 0.717) is 36.1 Å². The van der Waals surface area contributed by atoms with Crippen LogP contribution in [0.1, 0.15) is 12.5 Å². The minimum absolute atomic E-state index is 0.135. The summed E-state index contributed by atoms with van der Waals surface area (Å²) in [5.41, 5.74) is 2.13. The summed E-state index contributed by atoms with van der Waals surface area (Å²) in [5, 5.41) is 4.78. The van der Waals surface area contributed by atoms with Gasteiger partial charge in [0, 0.05) is 30.4 Å². The van der Waals surface area contributed by atoms with Gasteiger partial charge in [-0.25, -0.2) is 0 Å². The van der Waals surface area contributed by atoms with Crippen molar-refractivity contribution in [2.24, 2.45) is 0 Å². The lowest BCUT2D eigenvalue weighted by atomic mass is 10.1. The standard InChI is InChI=1S/C24H30N4O3S/c1-5-31-20-10-7-19(8-11-20)25-24(32)28(13-12-27(2)3)16-18-14-17-6-9-21(30-4)15-22(17)26-23(18)29/h6-11,14-15H,5,12-13,16H2,1-4H3,(H,25,32)(H,26,29). The van der Waals surface area contributed by atoms with Crippen LogP contribution >= 0.6 is 12.2 Å². The van der Waals surface area contributed by atoms with Gasteiger partial charge in [0.25, 0.3) is 5.56 Å². The number of likely N-dealkylation sites (N-methyl/N-ethyl adjacent to an activating group) is 1. The summed E-state index contributed by atoms with van der Waals surface area (Å²) in [7, 11) is 5.63. The predicted molar refractivity (Wildman–Crippen MR) is 134 cm³/mol. The van der Waals surface area contributed by atoms with E-state index in [1.54, 1.807) is 7.11 Å². The number of hydrogen-bond acceptors (Lipinski definition) is 5. The summed E-state index contributed by atoms with van der Waals surface area (Å²) in [6, 6.07) is 15.2. The van der Waals surface area contributed by atoms with Gasteiger partial charge in [-0.1, -0.05) is 0 Å². The fourth-order valence-corrected chi connectivity index (χ4v) is 3.53.